The predicted octanol–water partition coefficient (Wildman–Crippen LogP) is 2.90. The van der Waals surface area contributed by atoms with Gasteiger partial charge in [-0.05, 0) is 36.5 Å². The molecule has 0 aromatic heterocycles. The highest BCUT2D eigenvalue weighted by Crippen LogP contribution is 2.26. The number of nitrogens with two attached hydrogens (primary N) is 1. The lowest BCUT2D eigenvalue weighted by atomic mass is 10.0. The van der Waals surface area contributed by atoms with Crippen LogP contribution < -0.4 is 11.1 Å². The van der Waals surface area contributed by atoms with E-state index in [0.29, 0.717) is 6.42 Å². The van der Waals surface area contributed by atoms with Gasteiger partial charge in [-0.15, -0.1) is 0 Å². The number of carbonyl (C=O) groups excluding carboxylic acids is 1. The molecule has 0 unspecified atom stereocenters. The first-order valence-corrected chi connectivity index (χ1v) is 7.35. The fourth-order valence-corrected chi connectivity index (χ4v) is 2.75. The molecule has 1 fully saturated rings. The van der Waals surface area contributed by atoms with Crippen molar-refractivity contribution in [2.45, 2.75) is 44.9 Å². The highest BCUT2D eigenvalue weighted by atomic mass is 16.1. The largest absolute Gasteiger partial charge is 0.399 e. The van der Waals surface area contributed by atoms with Crippen molar-refractivity contribution in [3.63, 3.8) is 0 Å². The van der Waals surface area contributed by atoms with Gasteiger partial charge in [0.2, 0.25) is 5.91 Å². The molecule has 0 spiro atoms. The van der Waals surface area contributed by atoms with Crippen LogP contribution in [0.4, 0.5) is 5.69 Å². The third kappa shape index (κ3) is 4.93. The number of anilines is 1. The zero-order valence-electron chi connectivity index (χ0n) is 11.5. The molecule has 0 bridgehead atoms. The molecule has 2 rings (SSSR count). The van der Waals surface area contributed by atoms with Gasteiger partial charge in [-0.2, -0.15) is 0 Å². The van der Waals surface area contributed by atoms with Crippen molar-refractivity contribution in [3.8, 4) is 0 Å². The predicted molar refractivity (Wildman–Crippen MR) is 78.8 cm³/mol. The lowest BCUT2D eigenvalue weighted by Gasteiger charge is -2.09. The molecule has 1 amide bonds. The van der Waals surface area contributed by atoms with Gasteiger partial charge >= 0.3 is 0 Å². The van der Waals surface area contributed by atoms with Crippen molar-refractivity contribution in [1.82, 2.24) is 5.32 Å². The molecule has 0 atom stereocenters. The number of aryl methyl sites for hydroxylation is 1. The average molecular weight is 260 g/mol. The van der Waals surface area contributed by atoms with Gasteiger partial charge in [0.25, 0.3) is 0 Å². The molecule has 3 heteroatoms. The smallest absolute Gasteiger partial charge is 0.220 e. The van der Waals surface area contributed by atoms with E-state index in [9.17, 15) is 4.79 Å². The fraction of sp³-hybridized carbons (Fsp3) is 0.562. The summed E-state index contributed by atoms with van der Waals surface area (Å²) in [6.45, 7) is 0.839. The standard InChI is InChI=1S/C16H24N2O/c17-15-8-5-14(6-9-15)7-10-16(19)18-12-11-13-3-1-2-4-13/h5-6,8-9,13H,1-4,7,10-12,17H2,(H,18,19). The average Bonchev–Trinajstić information content (AvgIpc) is 2.91. The Labute approximate surface area is 115 Å². The second-order valence-corrected chi connectivity index (χ2v) is 5.53. The van der Waals surface area contributed by atoms with Crippen molar-refractivity contribution in [3.05, 3.63) is 29.8 Å². The van der Waals surface area contributed by atoms with E-state index in [1.165, 1.54) is 31.2 Å². The molecule has 0 radical (unpaired) electrons. The summed E-state index contributed by atoms with van der Waals surface area (Å²) in [5, 5.41) is 3.03. The molecule has 1 aromatic rings. The lowest BCUT2D eigenvalue weighted by molar-refractivity contribution is -0.121. The minimum absolute atomic E-state index is 0.162. The normalized spacial score (nSPS) is 15.6. The maximum absolute atomic E-state index is 11.7. The zero-order chi connectivity index (χ0) is 13.5. The van der Waals surface area contributed by atoms with E-state index >= 15 is 0 Å². The quantitative estimate of drug-likeness (QED) is 0.773. The third-order valence-electron chi connectivity index (χ3n) is 3.97. The summed E-state index contributed by atoms with van der Waals surface area (Å²) >= 11 is 0. The number of hydrogen-bond acceptors (Lipinski definition) is 2. The number of rotatable bonds is 6. The van der Waals surface area contributed by atoms with Gasteiger partial charge in [0.15, 0.2) is 0 Å². The first kappa shape index (κ1) is 13.9. The van der Waals surface area contributed by atoms with Crippen LogP contribution >= 0.6 is 0 Å². The second kappa shape index (κ2) is 7.17. The van der Waals surface area contributed by atoms with Gasteiger partial charge in [-0.25, -0.2) is 0 Å². The van der Waals surface area contributed by atoms with E-state index < -0.39 is 0 Å². The molecule has 1 aliphatic rings. The summed E-state index contributed by atoms with van der Waals surface area (Å²) in [5.74, 6) is 1.01. The maximum Gasteiger partial charge on any atom is 0.220 e. The molecule has 1 aromatic carbocycles. The Morgan fingerprint density at radius 2 is 1.89 bits per heavy atom. The summed E-state index contributed by atoms with van der Waals surface area (Å²) in [6.07, 6.45) is 7.94. The molecule has 0 saturated heterocycles. The monoisotopic (exact) mass is 260 g/mol. The fourth-order valence-electron chi connectivity index (χ4n) is 2.75. The molecular weight excluding hydrogens is 236 g/mol. The van der Waals surface area contributed by atoms with Crippen LogP contribution in [-0.4, -0.2) is 12.5 Å². The number of nitrogens with one attached hydrogen (secondary N) is 1. The van der Waals surface area contributed by atoms with Gasteiger partial charge in [0, 0.05) is 18.7 Å². The van der Waals surface area contributed by atoms with E-state index in [2.05, 4.69) is 5.32 Å². The van der Waals surface area contributed by atoms with E-state index in [-0.39, 0.29) is 5.91 Å². The van der Waals surface area contributed by atoms with Crippen LogP contribution in [0.2, 0.25) is 0 Å². The van der Waals surface area contributed by atoms with Gasteiger partial charge in [0.1, 0.15) is 0 Å². The van der Waals surface area contributed by atoms with E-state index in [1.807, 2.05) is 24.3 Å². The number of nitrogen functional groups attached to an aromatic ring is 1. The Balaban J connectivity index is 1.60. The Kier molecular flexibility index (Phi) is 5.25. The molecule has 1 saturated carbocycles. The molecule has 3 N–H and O–H groups in total. The molecule has 104 valence electrons. The first-order valence-electron chi connectivity index (χ1n) is 7.35. The van der Waals surface area contributed by atoms with Gasteiger partial charge in [0.05, 0.1) is 0 Å². The Bertz CT molecular complexity index is 394. The minimum atomic E-state index is 0.162. The molecule has 3 nitrogen and oxygen atoms in total. The van der Waals surface area contributed by atoms with E-state index in [0.717, 1.165) is 31.0 Å². The first-order chi connectivity index (χ1) is 9.24. The minimum Gasteiger partial charge on any atom is -0.399 e. The van der Waals surface area contributed by atoms with Gasteiger partial charge in [-0.3, -0.25) is 4.79 Å². The van der Waals surface area contributed by atoms with Crippen LogP contribution in [0.5, 0.6) is 0 Å². The zero-order valence-corrected chi connectivity index (χ0v) is 11.5. The summed E-state index contributed by atoms with van der Waals surface area (Å²) < 4.78 is 0. The van der Waals surface area contributed by atoms with Crippen molar-refractivity contribution in [2.24, 2.45) is 5.92 Å². The summed E-state index contributed by atoms with van der Waals surface area (Å²) in [7, 11) is 0. The van der Waals surface area contributed by atoms with Crippen LogP contribution in [0.15, 0.2) is 24.3 Å². The van der Waals surface area contributed by atoms with Crippen LogP contribution in [0.25, 0.3) is 0 Å². The Hall–Kier alpha value is -1.51. The number of amides is 1. The van der Waals surface area contributed by atoms with E-state index in [4.69, 9.17) is 5.73 Å². The van der Waals surface area contributed by atoms with Gasteiger partial charge < -0.3 is 11.1 Å². The van der Waals surface area contributed by atoms with Gasteiger partial charge in [-0.1, -0.05) is 37.8 Å². The SMILES string of the molecule is Nc1ccc(CCC(=O)NCCC2CCCC2)cc1. The summed E-state index contributed by atoms with van der Waals surface area (Å²) in [5.41, 5.74) is 7.56. The van der Waals surface area contributed by atoms with Crippen LogP contribution in [0.1, 0.15) is 44.1 Å². The second-order valence-electron chi connectivity index (χ2n) is 5.53. The van der Waals surface area contributed by atoms with Crippen LogP contribution in [-0.2, 0) is 11.2 Å². The van der Waals surface area contributed by atoms with E-state index in [1.54, 1.807) is 0 Å². The lowest BCUT2D eigenvalue weighted by Crippen LogP contribution is -2.25. The van der Waals surface area contributed by atoms with Crippen molar-refractivity contribution in [1.29, 1.82) is 0 Å². The topological polar surface area (TPSA) is 55.1 Å². The molecule has 19 heavy (non-hydrogen) atoms. The van der Waals surface area contributed by atoms with Crippen molar-refractivity contribution in [2.75, 3.05) is 12.3 Å². The Morgan fingerprint density at radius 3 is 2.58 bits per heavy atom. The van der Waals surface area contributed by atoms with Crippen molar-refractivity contribution >= 4 is 11.6 Å². The van der Waals surface area contributed by atoms with Crippen LogP contribution in [0, 0.1) is 5.92 Å². The van der Waals surface area contributed by atoms with Crippen LogP contribution in [0.3, 0.4) is 0 Å². The number of carbonyl (C=O) groups is 1. The number of hydrogen-bond donors (Lipinski definition) is 2. The summed E-state index contributed by atoms with van der Waals surface area (Å²) in [6, 6.07) is 7.74. The number of benzene rings is 1. The molecule has 0 aliphatic heterocycles. The Morgan fingerprint density at radius 1 is 1.21 bits per heavy atom. The molecular formula is C16H24N2O. The highest BCUT2D eigenvalue weighted by Gasteiger charge is 2.14. The maximum atomic E-state index is 11.7. The highest BCUT2D eigenvalue weighted by molar-refractivity contribution is 5.76. The third-order valence-corrected chi connectivity index (χ3v) is 3.97. The summed E-state index contributed by atoms with van der Waals surface area (Å²) in [4.78, 5) is 11.7. The van der Waals surface area contributed by atoms with Crippen molar-refractivity contribution < 1.29 is 4.79 Å². The molecule has 0 heterocycles. The molecule has 1 aliphatic carbocycles.